The standard InChI is InChI=1S/C14H9Br2ClO2/c15-11-6-10(14(17)18)7-12(16)13(11)19-8-9-4-2-1-3-5-9/h1-7H,8H2. The fourth-order valence-electron chi connectivity index (χ4n) is 1.54. The van der Waals surface area contributed by atoms with Crippen LogP contribution in [-0.4, -0.2) is 5.24 Å². The molecule has 0 heterocycles. The molecule has 0 bridgehead atoms. The van der Waals surface area contributed by atoms with Crippen LogP contribution in [0.5, 0.6) is 5.75 Å². The van der Waals surface area contributed by atoms with Crippen molar-refractivity contribution in [2.75, 3.05) is 0 Å². The van der Waals surface area contributed by atoms with Crippen molar-refractivity contribution in [3.63, 3.8) is 0 Å². The molecule has 0 atom stereocenters. The summed E-state index contributed by atoms with van der Waals surface area (Å²) in [6.45, 7) is 0.451. The lowest BCUT2D eigenvalue weighted by molar-refractivity contribution is 0.108. The maximum Gasteiger partial charge on any atom is 0.252 e. The van der Waals surface area contributed by atoms with E-state index < -0.39 is 5.24 Å². The molecule has 0 aliphatic rings. The molecule has 0 aliphatic carbocycles. The Morgan fingerprint density at radius 3 is 2.21 bits per heavy atom. The molecule has 2 aromatic carbocycles. The Labute approximate surface area is 133 Å². The molecule has 0 spiro atoms. The Morgan fingerprint density at radius 2 is 1.68 bits per heavy atom. The molecule has 0 unspecified atom stereocenters. The minimum absolute atomic E-state index is 0.410. The summed E-state index contributed by atoms with van der Waals surface area (Å²) in [5.41, 5.74) is 1.48. The van der Waals surface area contributed by atoms with Crippen LogP contribution in [0.3, 0.4) is 0 Å². The van der Waals surface area contributed by atoms with Crippen LogP contribution >= 0.6 is 43.5 Å². The van der Waals surface area contributed by atoms with Crippen molar-refractivity contribution >= 4 is 48.7 Å². The Morgan fingerprint density at radius 1 is 1.11 bits per heavy atom. The smallest absolute Gasteiger partial charge is 0.252 e. The van der Waals surface area contributed by atoms with E-state index in [0.29, 0.717) is 26.9 Å². The highest BCUT2D eigenvalue weighted by molar-refractivity contribution is 9.11. The summed E-state index contributed by atoms with van der Waals surface area (Å²) < 4.78 is 7.10. The normalized spacial score (nSPS) is 10.3. The molecule has 0 fully saturated rings. The average molecular weight is 404 g/mol. The first-order valence-electron chi connectivity index (χ1n) is 5.43. The van der Waals surface area contributed by atoms with Gasteiger partial charge < -0.3 is 4.74 Å². The molecule has 5 heteroatoms. The Kier molecular flexibility index (Phi) is 5.02. The van der Waals surface area contributed by atoms with Gasteiger partial charge in [0.05, 0.1) is 8.95 Å². The second kappa shape index (κ2) is 6.55. The van der Waals surface area contributed by atoms with Crippen LogP contribution in [0.4, 0.5) is 0 Å². The van der Waals surface area contributed by atoms with Gasteiger partial charge in [-0.25, -0.2) is 0 Å². The van der Waals surface area contributed by atoms with Crippen molar-refractivity contribution in [3.8, 4) is 5.75 Å². The molecule has 0 saturated heterocycles. The van der Waals surface area contributed by atoms with Crippen LogP contribution in [0.25, 0.3) is 0 Å². The van der Waals surface area contributed by atoms with Crippen LogP contribution in [0.1, 0.15) is 15.9 Å². The number of hydrogen-bond donors (Lipinski definition) is 0. The van der Waals surface area contributed by atoms with E-state index in [1.165, 1.54) is 0 Å². The molecule has 0 N–H and O–H groups in total. The number of carbonyl (C=O) groups is 1. The van der Waals surface area contributed by atoms with Gasteiger partial charge in [-0.2, -0.15) is 0 Å². The average Bonchev–Trinajstić information content (AvgIpc) is 2.38. The molecule has 2 aromatic rings. The van der Waals surface area contributed by atoms with Gasteiger partial charge in [0.2, 0.25) is 0 Å². The zero-order valence-electron chi connectivity index (χ0n) is 9.70. The minimum Gasteiger partial charge on any atom is -0.487 e. The lowest BCUT2D eigenvalue weighted by Gasteiger charge is -2.11. The number of carbonyl (C=O) groups excluding carboxylic acids is 1. The molecule has 0 radical (unpaired) electrons. The summed E-state index contributed by atoms with van der Waals surface area (Å²) in [6.07, 6.45) is 0. The molecule has 2 nitrogen and oxygen atoms in total. The second-order valence-electron chi connectivity index (χ2n) is 3.82. The van der Waals surface area contributed by atoms with Gasteiger partial charge in [0.15, 0.2) is 0 Å². The monoisotopic (exact) mass is 402 g/mol. The zero-order chi connectivity index (χ0) is 13.8. The van der Waals surface area contributed by atoms with Crippen molar-refractivity contribution in [3.05, 3.63) is 62.5 Å². The summed E-state index contributed by atoms with van der Waals surface area (Å²) in [7, 11) is 0. The van der Waals surface area contributed by atoms with Crippen molar-refractivity contribution in [2.45, 2.75) is 6.61 Å². The highest BCUT2D eigenvalue weighted by Crippen LogP contribution is 2.35. The highest BCUT2D eigenvalue weighted by atomic mass is 79.9. The van der Waals surface area contributed by atoms with Gasteiger partial charge in [-0.3, -0.25) is 4.79 Å². The molecule has 0 saturated carbocycles. The van der Waals surface area contributed by atoms with E-state index in [1.807, 2.05) is 30.3 Å². The van der Waals surface area contributed by atoms with Crippen LogP contribution < -0.4 is 4.74 Å². The van der Waals surface area contributed by atoms with Gasteiger partial charge in [0, 0.05) is 5.56 Å². The summed E-state index contributed by atoms with van der Waals surface area (Å²) in [5, 5.41) is -0.504. The third-order valence-corrected chi connectivity index (χ3v) is 3.85. The molecule has 2 rings (SSSR count). The highest BCUT2D eigenvalue weighted by Gasteiger charge is 2.12. The summed E-state index contributed by atoms with van der Waals surface area (Å²) in [6, 6.07) is 13.1. The molecular formula is C14H9Br2ClO2. The van der Waals surface area contributed by atoms with Crippen LogP contribution in [0.2, 0.25) is 0 Å². The summed E-state index contributed by atoms with van der Waals surface area (Å²) >= 11 is 12.2. The lowest BCUT2D eigenvalue weighted by Crippen LogP contribution is -1.98. The van der Waals surface area contributed by atoms with Gasteiger partial charge in [0.25, 0.3) is 5.24 Å². The van der Waals surface area contributed by atoms with Gasteiger partial charge in [-0.1, -0.05) is 30.3 Å². The topological polar surface area (TPSA) is 26.3 Å². The Hall–Kier alpha value is -0.840. The van der Waals surface area contributed by atoms with Gasteiger partial charge in [-0.15, -0.1) is 0 Å². The maximum atomic E-state index is 11.1. The van der Waals surface area contributed by atoms with Crippen LogP contribution in [-0.2, 0) is 6.61 Å². The summed E-state index contributed by atoms with van der Waals surface area (Å²) in [4.78, 5) is 11.1. The molecule has 0 amide bonds. The Balaban J connectivity index is 2.19. The van der Waals surface area contributed by atoms with Crippen molar-refractivity contribution in [2.24, 2.45) is 0 Å². The first-order valence-corrected chi connectivity index (χ1v) is 7.40. The molecule has 98 valence electrons. The van der Waals surface area contributed by atoms with E-state index in [-0.39, 0.29) is 0 Å². The first-order chi connectivity index (χ1) is 9.08. The maximum absolute atomic E-state index is 11.1. The van der Waals surface area contributed by atoms with E-state index in [0.717, 1.165) is 5.56 Å². The number of benzene rings is 2. The third-order valence-electron chi connectivity index (χ3n) is 2.45. The van der Waals surface area contributed by atoms with Crippen molar-refractivity contribution < 1.29 is 9.53 Å². The summed E-state index contributed by atoms with van der Waals surface area (Å²) in [5.74, 6) is 0.644. The fraction of sp³-hybridized carbons (Fsp3) is 0.0714. The predicted octanol–water partition coefficient (Wildman–Crippen LogP) is 5.17. The van der Waals surface area contributed by atoms with E-state index in [1.54, 1.807) is 12.1 Å². The van der Waals surface area contributed by atoms with Crippen LogP contribution in [0.15, 0.2) is 51.4 Å². The molecule has 0 aromatic heterocycles. The number of halogens is 3. The zero-order valence-corrected chi connectivity index (χ0v) is 13.6. The number of hydrogen-bond acceptors (Lipinski definition) is 2. The van der Waals surface area contributed by atoms with E-state index >= 15 is 0 Å². The number of ether oxygens (including phenoxy) is 1. The first kappa shape index (κ1) is 14.6. The fourth-order valence-corrected chi connectivity index (χ4v) is 3.07. The Bertz CT molecular complexity index is 577. The SMILES string of the molecule is O=C(Cl)c1cc(Br)c(OCc2ccccc2)c(Br)c1. The van der Waals surface area contributed by atoms with Gasteiger partial charge in [0.1, 0.15) is 12.4 Å². The van der Waals surface area contributed by atoms with Gasteiger partial charge >= 0.3 is 0 Å². The molecule has 19 heavy (non-hydrogen) atoms. The lowest BCUT2D eigenvalue weighted by atomic mass is 10.2. The van der Waals surface area contributed by atoms with Gasteiger partial charge in [-0.05, 0) is 61.2 Å². The molecule has 0 aliphatic heterocycles. The van der Waals surface area contributed by atoms with E-state index in [4.69, 9.17) is 16.3 Å². The van der Waals surface area contributed by atoms with Crippen molar-refractivity contribution in [1.29, 1.82) is 0 Å². The largest absolute Gasteiger partial charge is 0.487 e. The van der Waals surface area contributed by atoms with E-state index in [9.17, 15) is 4.79 Å². The van der Waals surface area contributed by atoms with E-state index in [2.05, 4.69) is 31.9 Å². The third kappa shape index (κ3) is 3.81. The minimum atomic E-state index is -0.504. The molecular weight excluding hydrogens is 395 g/mol. The van der Waals surface area contributed by atoms with Crippen LogP contribution in [0, 0.1) is 0 Å². The predicted molar refractivity (Wildman–Crippen MR) is 82.8 cm³/mol. The second-order valence-corrected chi connectivity index (χ2v) is 5.87. The quantitative estimate of drug-likeness (QED) is 0.657. The van der Waals surface area contributed by atoms with Crippen molar-refractivity contribution in [1.82, 2.24) is 0 Å². The number of rotatable bonds is 4.